The lowest BCUT2D eigenvalue weighted by molar-refractivity contribution is 0.122. The van der Waals surface area contributed by atoms with Gasteiger partial charge < -0.3 is 14.6 Å². The molecule has 8 heteroatoms. The van der Waals surface area contributed by atoms with Gasteiger partial charge in [-0.3, -0.25) is 4.79 Å². The zero-order valence-corrected chi connectivity index (χ0v) is 15.5. The molecule has 3 heterocycles. The van der Waals surface area contributed by atoms with Crippen LogP contribution in [-0.2, 0) is 4.74 Å². The van der Waals surface area contributed by atoms with Crippen LogP contribution in [0, 0.1) is 5.82 Å². The number of nitrogens with one attached hydrogen (secondary N) is 1. The molecule has 29 heavy (non-hydrogen) atoms. The second-order valence-electron chi connectivity index (χ2n) is 6.79. The molecule has 4 aromatic rings. The fraction of sp³-hybridized carbons (Fsp3) is 0.190. The molecule has 1 aliphatic heterocycles. The van der Waals surface area contributed by atoms with Crippen molar-refractivity contribution in [3.05, 3.63) is 71.0 Å². The molecule has 0 aliphatic carbocycles. The number of rotatable bonds is 3. The van der Waals surface area contributed by atoms with Gasteiger partial charge in [-0.25, -0.2) is 14.1 Å². The topological polar surface area (TPSA) is 76.0 Å². The number of para-hydroxylation sites is 1. The first-order chi connectivity index (χ1) is 14.2. The van der Waals surface area contributed by atoms with Crippen molar-refractivity contribution in [3.8, 4) is 16.9 Å². The van der Waals surface area contributed by atoms with E-state index in [-0.39, 0.29) is 11.4 Å². The number of H-pyrrole nitrogens is 1. The summed E-state index contributed by atoms with van der Waals surface area (Å²) < 4.78 is 21.9. The highest BCUT2D eigenvalue weighted by Gasteiger charge is 2.20. The monoisotopic (exact) mass is 391 g/mol. The van der Waals surface area contributed by atoms with Gasteiger partial charge >= 0.3 is 0 Å². The normalized spacial score (nSPS) is 14.4. The van der Waals surface area contributed by atoms with Crippen molar-refractivity contribution in [2.24, 2.45) is 0 Å². The zero-order valence-electron chi connectivity index (χ0n) is 15.5. The van der Waals surface area contributed by atoms with E-state index in [0.29, 0.717) is 54.3 Å². The Hall–Kier alpha value is -3.52. The molecule has 1 N–H and O–H groups in total. The molecule has 0 bridgehead atoms. The summed E-state index contributed by atoms with van der Waals surface area (Å²) in [6.45, 7) is 2.44. The van der Waals surface area contributed by atoms with Crippen molar-refractivity contribution in [2.45, 2.75) is 0 Å². The number of fused-ring (bicyclic) bond motifs is 1. The Morgan fingerprint density at radius 1 is 1.07 bits per heavy atom. The largest absolute Gasteiger partial charge is 0.378 e. The SMILES string of the molecule is O=c1[nH]cnc2c1c(-c1ccc(N3CCOCC3)c(F)c1)nn2-c1ccccc1. The number of morpholine rings is 1. The predicted octanol–water partition coefficient (Wildman–Crippen LogP) is 2.75. The third kappa shape index (κ3) is 3.07. The molecule has 1 saturated heterocycles. The van der Waals surface area contributed by atoms with Gasteiger partial charge in [0.25, 0.3) is 5.56 Å². The van der Waals surface area contributed by atoms with Crippen molar-refractivity contribution < 1.29 is 9.13 Å². The number of benzene rings is 2. The van der Waals surface area contributed by atoms with E-state index in [1.807, 2.05) is 35.2 Å². The van der Waals surface area contributed by atoms with Crippen molar-refractivity contribution in [3.63, 3.8) is 0 Å². The first kappa shape index (κ1) is 17.6. The standard InChI is InChI=1S/C21H18FN5O2/c22-16-12-14(6-7-17(16)26-8-10-29-11-9-26)19-18-20(23-13-24-21(18)28)27(25-19)15-4-2-1-3-5-15/h1-7,12-13H,8-11H2,(H,23,24,28). The number of hydrogen-bond acceptors (Lipinski definition) is 5. The van der Waals surface area contributed by atoms with Crippen LogP contribution in [0.2, 0.25) is 0 Å². The molecule has 0 atom stereocenters. The molecule has 0 amide bonds. The molecule has 2 aromatic heterocycles. The van der Waals surface area contributed by atoms with Crippen LogP contribution in [0.1, 0.15) is 0 Å². The third-order valence-corrected chi connectivity index (χ3v) is 5.04. The Bertz CT molecular complexity index is 1230. The van der Waals surface area contributed by atoms with Crippen molar-refractivity contribution in [1.82, 2.24) is 19.7 Å². The Morgan fingerprint density at radius 2 is 1.86 bits per heavy atom. The summed E-state index contributed by atoms with van der Waals surface area (Å²) in [7, 11) is 0. The summed E-state index contributed by atoms with van der Waals surface area (Å²) in [6.07, 6.45) is 1.34. The minimum atomic E-state index is -0.355. The summed E-state index contributed by atoms with van der Waals surface area (Å²) in [5.41, 5.74) is 2.32. The molecule has 146 valence electrons. The number of aromatic amines is 1. The van der Waals surface area contributed by atoms with E-state index in [1.54, 1.807) is 16.8 Å². The number of hydrogen-bond donors (Lipinski definition) is 1. The first-order valence-corrected chi connectivity index (χ1v) is 9.37. The fourth-order valence-electron chi connectivity index (χ4n) is 3.63. The van der Waals surface area contributed by atoms with Crippen LogP contribution >= 0.6 is 0 Å². The second kappa shape index (κ2) is 7.14. The highest BCUT2D eigenvalue weighted by molar-refractivity contribution is 5.91. The summed E-state index contributed by atoms with van der Waals surface area (Å²) >= 11 is 0. The highest BCUT2D eigenvalue weighted by atomic mass is 19.1. The lowest BCUT2D eigenvalue weighted by Crippen LogP contribution is -2.36. The minimum absolute atomic E-state index is 0.315. The summed E-state index contributed by atoms with van der Waals surface area (Å²) in [5.74, 6) is -0.355. The van der Waals surface area contributed by atoms with Gasteiger partial charge in [-0.05, 0) is 24.3 Å². The maximum Gasteiger partial charge on any atom is 0.262 e. The maximum absolute atomic E-state index is 14.9. The van der Waals surface area contributed by atoms with Gasteiger partial charge in [0.2, 0.25) is 0 Å². The zero-order chi connectivity index (χ0) is 19.8. The quantitative estimate of drug-likeness (QED) is 0.581. The summed E-state index contributed by atoms with van der Waals surface area (Å²) in [5, 5.41) is 4.94. The van der Waals surface area contributed by atoms with E-state index >= 15 is 0 Å². The third-order valence-electron chi connectivity index (χ3n) is 5.04. The lowest BCUT2D eigenvalue weighted by atomic mass is 10.1. The van der Waals surface area contributed by atoms with Gasteiger partial charge in [0.1, 0.15) is 16.9 Å². The molecular weight excluding hydrogens is 373 g/mol. The fourth-order valence-corrected chi connectivity index (χ4v) is 3.63. The van der Waals surface area contributed by atoms with Crippen LogP contribution in [0.5, 0.6) is 0 Å². The number of ether oxygens (including phenoxy) is 1. The van der Waals surface area contributed by atoms with Gasteiger partial charge in [0, 0.05) is 18.7 Å². The van der Waals surface area contributed by atoms with E-state index < -0.39 is 0 Å². The van der Waals surface area contributed by atoms with Gasteiger partial charge in [0.15, 0.2) is 5.65 Å². The van der Waals surface area contributed by atoms with Crippen molar-refractivity contribution in [2.75, 3.05) is 31.2 Å². The smallest absolute Gasteiger partial charge is 0.262 e. The number of halogens is 1. The average Bonchev–Trinajstić information content (AvgIpc) is 3.16. The number of aromatic nitrogens is 4. The average molecular weight is 391 g/mol. The first-order valence-electron chi connectivity index (χ1n) is 9.37. The second-order valence-corrected chi connectivity index (χ2v) is 6.79. The Balaban J connectivity index is 1.66. The van der Waals surface area contributed by atoms with Crippen LogP contribution < -0.4 is 10.5 Å². The molecule has 0 spiro atoms. The van der Waals surface area contributed by atoms with Crippen molar-refractivity contribution in [1.29, 1.82) is 0 Å². The molecule has 1 aliphatic rings. The van der Waals surface area contributed by atoms with Crippen molar-refractivity contribution >= 4 is 16.7 Å². The Morgan fingerprint density at radius 3 is 2.62 bits per heavy atom. The van der Waals surface area contributed by atoms with Crippen LogP contribution in [-0.4, -0.2) is 46.1 Å². The predicted molar refractivity (Wildman–Crippen MR) is 108 cm³/mol. The molecule has 0 saturated carbocycles. The van der Waals surface area contributed by atoms with Crippen LogP contribution in [0.15, 0.2) is 59.7 Å². The Labute approximate surface area is 165 Å². The van der Waals surface area contributed by atoms with Crippen LogP contribution in [0.4, 0.5) is 10.1 Å². The Kier molecular flexibility index (Phi) is 4.33. The van der Waals surface area contributed by atoms with E-state index in [2.05, 4.69) is 15.1 Å². The molecule has 2 aromatic carbocycles. The van der Waals surface area contributed by atoms with E-state index in [0.717, 1.165) is 5.69 Å². The molecule has 0 unspecified atom stereocenters. The lowest BCUT2D eigenvalue weighted by Gasteiger charge is -2.29. The number of anilines is 1. The molecule has 5 rings (SSSR count). The summed E-state index contributed by atoms with van der Waals surface area (Å²) in [4.78, 5) is 21.4. The van der Waals surface area contributed by atoms with Gasteiger partial charge in [-0.2, -0.15) is 5.10 Å². The minimum Gasteiger partial charge on any atom is -0.378 e. The molecule has 1 fully saturated rings. The molecule has 0 radical (unpaired) electrons. The van der Waals surface area contributed by atoms with E-state index in [1.165, 1.54) is 12.4 Å². The van der Waals surface area contributed by atoms with Crippen LogP contribution in [0.3, 0.4) is 0 Å². The van der Waals surface area contributed by atoms with Gasteiger partial charge in [-0.15, -0.1) is 0 Å². The maximum atomic E-state index is 14.9. The molecular formula is C21H18FN5O2. The van der Waals surface area contributed by atoms with Gasteiger partial charge in [0.05, 0.1) is 30.9 Å². The van der Waals surface area contributed by atoms with E-state index in [9.17, 15) is 9.18 Å². The summed E-state index contributed by atoms with van der Waals surface area (Å²) in [6, 6.07) is 14.4. The number of nitrogens with zero attached hydrogens (tertiary/aromatic N) is 4. The van der Waals surface area contributed by atoms with Crippen LogP contribution in [0.25, 0.3) is 28.0 Å². The highest BCUT2D eigenvalue weighted by Crippen LogP contribution is 2.30. The van der Waals surface area contributed by atoms with Gasteiger partial charge in [-0.1, -0.05) is 24.3 Å². The molecule has 7 nitrogen and oxygen atoms in total. The van der Waals surface area contributed by atoms with E-state index in [4.69, 9.17) is 4.74 Å².